The quantitative estimate of drug-likeness (QED) is 0.192. The summed E-state index contributed by atoms with van der Waals surface area (Å²) < 4.78 is 77.9. The van der Waals surface area contributed by atoms with E-state index in [-0.39, 0.29) is 48.8 Å². The molecule has 3 N–H and O–H groups in total. The van der Waals surface area contributed by atoms with E-state index in [0.717, 1.165) is 12.5 Å². The molecule has 1 aromatic heterocycles. The topological polar surface area (TPSA) is 130 Å². The Kier molecular flexibility index (Phi) is 11.8. The van der Waals surface area contributed by atoms with Crippen molar-refractivity contribution in [3.05, 3.63) is 91.9 Å². The number of carboxylic acid groups (broad SMARTS) is 1. The van der Waals surface area contributed by atoms with Crippen molar-refractivity contribution in [1.82, 2.24) is 20.1 Å². The normalized spacial score (nSPS) is 18.3. The summed E-state index contributed by atoms with van der Waals surface area (Å²) in [5, 5.41) is 14.8. The largest absolute Gasteiger partial charge is 0.481 e. The Morgan fingerprint density at radius 3 is 2.13 bits per heavy atom. The zero-order valence-electron chi connectivity index (χ0n) is 30.1. The van der Waals surface area contributed by atoms with Crippen molar-refractivity contribution in [1.29, 1.82) is 0 Å². The number of carboxylic acids is 1. The molecule has 2 aromatic carbocycles. The molecule has 10 nitrogen and oxygen atoms in total. The number of nitrogens with one attached hydrogen (secondary N) is 2. The van der Waals surface area contributed by atoms with Crippen LogP contribution in [0.4, 0.5) is 22.0 Å². The van der Waals surface area contributed by atoms with Crippen LogP contribution in [0.5, 0.6) is 0 Å². The fourth-order valence-corrected chi connectivity index (χ4v) is 7.27. The highest BCUT2D eigenvalue weighted by atomic mass is 19.4. The van der Waals surface area contributed by atoms with Gasteiger partial charge in [-0.15, -0.1) is 0 Å². The van der Waals surface area contributed by atoms with Crippen molar-refractivity contribution in [2.75, 3.05) is 19.6 Å². The third-order valence-corrected chi connectivity index (χ3v) is 9.65. The van der Waals surface area contributed by atoms with Gasteiger partial charge in [-0.2, -0.15) is 13.2 Å². The van der Waals surface area contributed by atoms with Gasteiger partial charge in [0.2, 0.25) is 5.91 Å². The van der Waals surface area contributed by atoms with Gasteiger partial charge in [-0.05, 0) is 97.3 Å². The Morgan fingerprint density at radius 2 is 1.57 bits per heavy atom. The van der Waals surface area contributed by atoms with Gasteiger partial charge < -0.3 is 25.0 Å². The number of aromatic nitrogens is 1. The van der Waals surface area contributed by atoms with Gasteiger partial charge in [0.1, 0.15) is 28.9 Å². The molecule has 4 atom stereocenters. The highest BCUT2D eigenvalue weighted by Crippen LogP contribution is 2.34. The summed E-state index contributed by atoms with van der Waals surface area (Å²) in [7, 11) is 0. The summed E-state index contributed by atoms with van der Waals surface area (Å²) in [6.07, 6.45) is -4.78. The van der Waals surface area contributed by atoms with Crippen LogP contribution >= 0.6 is 0 Å². The fourth-order valence-electron chi connectivity index (χ4n) is 7.27. The van der Waals surface area contributed by atoms with E-state index in [0.29, 0.717) is 46.0 Å². The summed E-state index contributed by atoms with van der Waals surface area (Å²) >= 11 is 0. The SMILES string of the molecule is Cc1cc(-c2c(C)cc(F)cc2C)cc([C@H](CC(=O)O)NC(=O)[C@H](CC(C)C)NC(=O)c2ccc(C(F)(F)F)n(CCN3CC4CC(C3)O4)c2=O)c1F. The Labute approximate surface area is 303 Å². The number of aliphatic carboxylic acids is 1. The first-order valence-corrected chi connectivity index (χ1v) is 17.4. The lowest BCUT2D eigenvalue weighted by Crippen LogP contribution is -2.57. The molecule has 3 aromatic rings. The monoisotopic (exact) mass is 746 g/mol. The van der Waals surface area contributed by atoms with E-state index in [2.05, 4.69) is 10.6 Å². The van der Waals surface area contributed by atoms with Crippen LogP contribution in [-0.4, -0.2) is 70.2 Å². The van der Waals surface area contributed by atoms with Gasteiger partial charge >= 0.3 is 12.1 Å². The Hall–Kier alpha value is -4.63. The average Bonchev–Trinajstić information content (AvgIpc) is 3.03. The highest BCUT2D eigenvalue weighted by Gasteiger charge is 2.39. The standard InChI is InChI=1S/C38H43F5N4O6/c1-19(2)10-30(45-35(50)27-6-7-31(38(41,42)43)47(37(27)52)9-8-46-17-25-15-26(18-46)53-25)36(51)44-29(16-32(48)49)28-14-23(11-22(5)34(28)40)33-20(3)12-24(39)13-21(33)4/h6-7,11-14,19,25-26,29-30H,8-10,15-18H2,1-5H3,(H,44,51)(H,45,50)(H,48,49)/t25?,26?,29-,30-/m0/s1. The molecule has 2 amide bonds. The number of hydrogen-bond donors (Lipinski definition) is 3. The van der Waals surface area contributed by atoms with Crippen LogP contribution in [0.15, 0.2) is 41.2 Å². The van der Waals surface area contributed by atoms with E-state index in [1.54, 1.807) is 27.7 Å². The second-order valence-corrected chi connectivity index (χ2v) is 14.4. The van der Waals surface area contributed by atoms with Crippen LogP contribution < -0.4 is 16.2 Å². The smallest absolute Gasteiger partial charge is 0.431 e. The number of benzene rings is 2. The van der Waals surface area contributed by atoms with Crippen molar-refractivity contribution in [2.24, 2.45) is 5.92 Å². The lowest BCUT2D eigenvalue weighted by molar-refractivity contribution is -0.181. The molecule has 3 aliphatic heterocycles. The summed E-state index contributed by atoms with van der Waals surface area (Å²) in [6, 6.07) is 4.15. The van der Waals surface area contributed by atoms with Gasteiger partial charge in [0, 0.05) is 38.2 Å². The molecule has 0 radical (unpaired) electrons. The number of nitrogens with zero attached hydrogens (tertiary/aromatic N) is 2. The molecule has 6 rings (SSSR count). The Morgan fingerprint density at radius 1 is 0.943 bits per heavy atom. The minimum absolute atomic E-state index is 0.00328. The minimum atomic E-state index is -4.89. The number of pyridine rings is 1. The zero-order chi connectivity index (χ0) is 38.9. The molecule has 15 heteroatoms. The van der Waals surface area contributed by atoms with Crippen molar-refractivity contribution < 1.29 is 46.2 Å². The predicted octanol–water partition coefficient (Wildman–Crippen LogP) is 5.69. The zero-order valence-corrected chi connectivity index (χ0v) is 30.1. The van der Waals surface area contributed by atoms with E-state index in [1.807, 2.05) is 4.90 Å². The van der Waals surface area contributed by atoms with Crippen LogP contribution in [0.1, 0.15) is 77.5 Å². The molecule has 3 saturated heterocycles. The lowest BCUT2D eigenvalue weighted by atomic mass is 9.90. The predicted molar refractivity (Wildman–Crippen MR) is 185 cm³/mol. The summed E-state index contributed by atoms with van der Waals surface area (Å²) in [6.45, 7) is 9.10. The number of ether oxygens (including phenoxy) is 1. The van der Waals surface area contributed by atoms with E-state index in [1.165, 1.54) is 31.2 Å². The summed E-state index contributed by atoms with van der Waals surface area (Å²) in [4.78, 5) is 54.8. The third-order valence-electron chi connectivity index (χ3n) is 9.65. The number of carbonyl (C=O) groups is 3. The van der Waals surface area contributed by atoms with Crippen LogP contribution in [0, 0.1) is 38.3 Å². The number of fused-ring (bicyclic) bond motifs is 2. The van der Waals surface area contributed by atoms with Crippen molar-refractivity contribution in [3.63, 3.8) is 0 Å². The molecule has 53 heavy (non-hydrogen) atoms. The summed E-state index contributed by atoms with van der Waals surface area (Å²) in [5.74, 6) is -4.84. The first-order valence-electron chi connectivity index (χ1n) is 17.4. The molecule has 286 valence electrons. The van der Waals surface area contributed by atoms with Crippen LogP contribution in [0.2, 0.25) is 0 Å². The maximum Gasteiger partial charge on any atom is 0.431 e. The van der Waals surface area contributed by atoms with Crippen molar-refractivity contribution in [2.45, 2.75) is 90.9 Å². The highest BCUT2D eigenvalue weighted by molar-refractivity contribution is 5.97. The van der Waals surface area contributed by atoms with Gasteiger partial charge in [-0.25, -0.2) is 8.78 Å². The van der Waals surface area contributed by atoms with Crippen molar-refractivity contribution in [3.8, 4) is 11.1 Å². The van der Waals surface area contributed by atoms with E-state index < -0.39 is 70.9 Å². The number of hydrogen-bond acceptors (Lipinski definition) is 6. The molecule has 2 unspecified atom stereocenters. The third kappa shape index (κ3) is 9.13. The average molecular weight is 747 g/mol. The lowest BCUT2D eigenvalue weighted by Gasteiger charge is -2.47. The summed E-state index contributed by atoms with van der Waals surface area (Å²) in [5.41, 5.74) is -0.876. The second kappa shape index (κ2) is 15.8. The molecule has 4 heterocycles. The van der Waals surface area contributed by atoms with Gasteiger partial charge in [-0.1, -0.05) is 13.8 Å². The molecule has 3 fully saturated rings. The molecule has 0 saturated carbocycles. The molecule has 0 spiro atoms. The maximum atomic E-state index is 15.8. The fraction of sp³-hybridized carbons (Fsp3) is 0.474. The number of morpholine rings is 1. The Bertz CT molecular complexity index is 1920. The Balaban J connectivity index is 1.42. The van der Waals surface area contributed by atoms with Crippen LogP contribution in [0.25, 0.3) is 11.1 Å². The van der Waals surface area contributed by atoms with Gasteiger partial charge in [0.15, 0.2) is 0 Å². The van der Waals surface area contributed by atoms with Crippen LogP contribution in [0.3, 0.4) is 0 Å². The first-order chi connectivity index (χ1) is 24.8. The van der Waals surface area contributed by atoms with Crippen molar-refractivity contribution >= 4 is 17.8 Å². The number of halogens is 5. The number of amides is 2. The van der Waals surface area contributed by atoms with Gasteiger partial charge in [-0.3, -0.25) is 24.1 Å². The van der Waals surface area contributed by atoms with E-state index in [4.69, 9.17) is 4.74 Å². The van der Waals surface area contributed by atoms with Crippen LogP contribution in [-0.2, 0) is 27.0 Å². The molecule has 2 bridgehead atoms. The van der Waals surface area contributed by atoms with E-state index in [9.17, 15) is 41.8 Å². The number of aryl methyl sites for hydroxylation is 3. The molecule has 0 aliphatic carbocycles. The number of rotatable bonds is 13. The number of carbonyl (C=O) groups excluding carboxylic acids is 2. The maximum absolute atomic E-state index is 15.8. The molecular weight excluding hydrogens is 703 g/mol. The van der Waals surface area contributed by atoms with Gasteiger partial charge in [0.05, 0.1) is 24.7 Å². The van der Waals surface area contributed by atoms with Gasteiger partial charge in [0.25, 0.3) is 11.5 Å². The minimum Gasteiger partial charge on any atom is -0.481 e. The number of alkyl halides is 3. The molecule has 3 aliphatic rings. The second-order valence-electron chi connectivity index (χ2n) is 14.4. The molecular formula is C38H43F5N4O6. The number of piperidine rings is 1. The first kappa shape index (κ1) is 39.6. The van der Waals surface area contributed by atoms with E-state index >= 15 is 4.39 Å².